The number of rotatable bonds is 5. The van der Waals surface area contributed by atoms with Gasteiger partial charge in [0, 0.05) is 18.2 Å². The van der Waals surface area contributed by atoms with E-state index in [9.17, 15) is 4.79 Å². The van der Waals surface area contributed by atoms with E-state index in [1.807, 2.05) is 12.1 Å². The summed E-state index contributed by atoms with van der Waals surface area (Å²) in [4.78, 5) is 18.3. The number of hydrogen-bond donors (Lipinski definition) is 1. The van der Waals surface area contributed by atoms with Crippen LogP contribution in [0.1, 0.15) is 53.0 Å². The third-order valence-electron chi connectivity index (χ3n) is 4.82. The number of carbonyl (C=O) groups is 1. The summed E-state index contributed by atoms with van der Waals surface area (Å²) >= 11 is 1.24. The molecule has 0 unspecified atom stereocenters. The lowest BCUT2D eigenvalue weighted by Gasteiger charge is -2.31. The largest absolute Gasteiger partial charge is 0.477 e. The summed E-state index contributed by atoms with van der Waals surface area (Å²) in [6.07, 6.45) is 6.70. The van der Waals surface area contributed by atoms with Gasteiger partial charge in [0.05, 0.1) is 5.69 Å². The Labute approximate surface area is 147 Å². The van der Waals surface area contributed by atoms with Gasteiger partial charge in [0.2, 0.25) is 0 Å². The highest BCUT2D eigenvalue weighted by molar-refractivity contribution is 7.17. The van der Waals surface area contributed by atoms with Crippen LogP contribution in [0.25, 0.3) is 10.6 Å². The molecule has 1 fully saturated rings. The molecule has 1 N–H and O–H groups in total. The molecule has 1 aromatic heterocycles. The van der Waals surface area contributed by atoms with Crippen molar-refractivity contribution in [3.63, 3.8) is 0 Å². The van der Waals surface area contributed by atoms with Crippen molar-refractivity contribution < 1.29 is 9.90 Å². The maximum atomic E-state index is 11.2. The lowest BCUT2D eigenvalue weighted by Crippen LogP contribution is -2.32. The van der Waals surface area contributed by atoms with Crippen LogP contribution in [0.3, 0.4) is 0 Å². The minimum atomic E-state index is -0.901. The molecular formula is C19H24N2O2S. The lowest BCUT2D eigenvalue weighted by atomic mass is 9.94. The van der Waals surface area contributed by atoms with Crippen molar-refractivity contribution in [3.8, 4) is 10.6 Å². The molecule has 24 heavy (non-hydrogen) atoms. The Balaban J connectivity index is 1.69. The van der Waals surface area contributed by atoms with E-state index in [1.165, 1.54) is 49.0 Å². The van der Waals surface area contributed by atoms with E-state index >= 15 is 0 Å². The minimum Gasteiger partial charge on any atom is -0.477 e. The molecule has 4 nitrogen and oxygen atoms in total. The van der Waals surface area contributed by atoms with Crippen molar-refractivity contribution >= 4 is 17.3 Å². The van der Waals surface area contributed by atoms with Gasteiger partial charge in [-0.1, -0.05) is 43.5 Å². The molecule has 0 saturated heterocycles. The molecule has 1 heterocycles. The number of thiazole rings is 1. The summed E-state index contributed by atoms with van der Waals surface area (Å²) in [6.45, 7) is 2.71. The minimum absolute atomic E-state index is 0.325. The SMILES string of the molecule is Cc1nc(-c2ccc(CN(C)C3CCCCC3)cc2)sc1C(=O)O. The number of carboxylic acid groups (broad SMARTS) is 1. The topological polar surface area (TPSA) is 53.4 Å². The van der Waals surface area contributed by atoms with Gasteiger partial charge in [-0.05, 0) is 32.4 Å². The molecule has 128 valence electrons. The van der Waals surface area contributed by atoms with Gasteiger partial charge in [0.1, 0.15) is 9.88 Å². The summed E-state index contributed by atoms with van der Waals surface area (Å²) in [6, 6.07) is 9.07. The Bertz CT molecular complexity index is 703. The Morgan fingerprint density at radius 2 is 1.92 bits per heavy atom. The summed E-state index contributed by atoms with van der Waals surface area (Å²) in [5.74, 6) is -0.901. The van der Waals surface area contributed by atoms with Crippen LogP contribution < -0.4 is 0 Å². The third kappa shape index (κ3) is 3.84. The Morgan fingerprint density at radius 1 is 1.25 bits per heavy atom. The van der Waals surface area contributed by atoms with Gasteiger partial charge in [-0.2, -0.15) is 0 Å². The normalized spacial score (nSPS) is 15.8. The van der Waals surface area contributed by atoms with Gasteiger partial charge >= 0.3 is 5.97 Å². The van der Waals surface area contributed by atoms with E-state index < -0.39 is 5.97 Å². The number of aryl methyl sites for hydroxylation is 1. The fraction of sp³-hybridized carbons (Fsp3) is 0.474. The van der Waals surface area contributed by atoms with Gasteiger partial charge in [0.25, 0.3) is 0 Å². The first-order chi connectivity index (χ1) is 11.5. The maximum Gasteiger partial charge on any atom is 0.347 e. The quantitative estimate of drug-likeness (QED) is 0.862. The zero-order valence-corrected chi connectivity index (χ0v) is 15.1. The smallest absolute Gasteiger partial charge is 0.347 e. The van der Waals surface area contributed by atoms with Crippen LogP contribution in [0.4, 0.5) is 0 Å². The van der Waals surface area contributed by atoms with E-state index in [0.717, 1.165) is 17.1 Å². The zero-order chi connectivity index (χ0) is 17.1. The first-order valence-electron chi connectivity index (χ1n) is 8.55. The van der Waals surface area contributed by atoms with Gasteiger partial charge < -0.3 is 5.11 Å². The van der Waals surface area contributed by atoms with Crippen LogP contribution >= 0.6 is 11.3 Å². The molecule has 3 rings (SSSR count). The lowest BCUT2D eigenvalue weighted by molar-refractivity contribution is 0.0701. The monoisotopic (exact) mass is 344 g/mol. The fourth-order valence-corrected chi connectivity index (χ4v) is 4.32. The third-order valence-corrected chi connectivity index (χ3v) is 6.02. The number of aromatic nitrogens is 1. The van der Waals surface area contributed by atoms with Crippen LogP contribution in [-0.4, -0.2) is 34.0 Å². The van der Waals surface area contributed by atoms with Crippen LogP contribution in [0.15, 0.2) is 24.3 Å². The van der Waals surface area contributed by atoms with Crippen LogP contribution in [0.5, 0.6) is 0 Å². The summed E-state index contributed by atoms with van der Waals surface area (Å²) in [5, 5.41) is 9.93. The average molecular weight is 344 g/mol. The molecule has 1 aliphatic rings. The van der Waals surface area contributed by atoms with E-state index in [1.54, 1.807) is 6.92 Å². The number of carboxylic acids is 1. The molecule has 1 aromatic carbocycles. The number of nitrogens with zero attached hydrogens (tertiary/aromatic N) is 2. The molecule has 1 aliphatic carbocycles. The maximum absolute atomic E-state index is 11.2. The number of benzene rings is 1. The van der Waals surface area contributed by atoms with Gasteiger partial charge in [-0.3, -0.25) is 4.90 Å². The first kappa shape index (κ1) is 17.1. The van der Waals surface area contributed by atoms with E-state index in [4.69, 9.17) is 5.11 Å². The van der Waals surface area contributed by atoms with Gasteiger partial charge in [-0.15, -0.1) is 11.3 Å². The molecular weight excluding hydrogens is 320 g/mol. The Hall–Kier alpha value is -1.72. The van der Waals surface area contributed by atoms with Crippen LogP contribution in [0.2, 0.25) is 0 Å². The standard InChI is InChI=1S/C19H24N2O2S/c1-13-17(19(22)23)24-18(20-13)15-10-8-14(9-11-15)12-21(2)16-6-4-3-5-7-16/h8-11,16H,3-7,12H2,1-2H3,(H,22,23). The Morgan fingerprint density at radius 3 is 2.50 bits per heavy atom. The van der Waals surface area contributed by atoms with Crippen molar-refractivity contribution in [2.75, 3.05) is 7.05 Å². The molecule has 0 atom stereocenters. The second-order valence-corrected chi connectivity index (χ2v) is 7.64. The number of aromatic carboxylic acids is 1. The fourth-order valence-electron chi connectivity index (χ4n) is 3.41. The van der Waals surface area contributed by atoms with Gasteiger partial charge in [-0.25, -0.2) is 9.78 Å². The summed E-state index contributed by atoms with van der Waals surface area (Å²) < 4.78 is 0. The molecule has 0 bridgehead atoms. The second-order valence-electron chi connectivity index (χ2n) is 6.64. The highest BCUT2D eigenvalue weighted by Crippen LogP contribution is 2.28. The molecule has 0 aliphatic heterocycles. The molecule has 0 spiro atoms. The van der Waals surface area contributed by atoms with Crippen molar-refractivity contribution in [1.29, 1.82) is 0 Å². The van der Waals surface area contributed by atoms with E-state index in [0.29, 0.717) is 16.6 Å². The van der Waals surface area contributed by atoms with Crippen molar-refractivity contribution in [2.24, 2.45) is 0 Å². The van der Waals surface area contributed by atoms with Crippen molar-refractivity contribution in [3.05, 3.63) is 40.4 Å². The van der Waals surface area contributed by atoms with Crippen LogP contribution in [-0.2, 0) is 6.54 Å². The molecule has 1 saturated carbocycles. The van der Waals surface area contributed by atoms with Crippen LogP contribution in [0, 0.1) is 6.92 Å². The average Bonchev–Trinajstić information content (AvgIpc) is 2.98. The predicted molar refractivity (Wildman–Crippen MR) is 97.6 cm³/mol. The van der Waals surface area contributed by atoms with E-state index in [-0.39, 0.29) is 0 Å². The highest BCUT2D eigenvalue weighted by atomic mass is 32.1. The van der Waals surface area contributed by atoms with Crippen molar-refractivity contribution in [1.82, 2.24) is 9.88 Å². The molecule has 5 heteroatoms. The number of hydrogen-bond acceptors (Lipinski definition) is 4. The molecule has 0 radical (unpaired) electrons. The predicted octanol–water partition coefficient (Wildman–Crippen LogP) is 4.58. The molecule has 2 aromatic rings. The Kier molecular flexibility index (Phi) is 5.31. The summed E-state index contributed by atoms with van der Waals surface area (Å²) in [5.41, 5.74) is 2.86. The second kappa shape index (κ2) is 7.45. The first-order valence-corrected chi connectivity index (χ1v) is 9.36. The zero-order valence-electron chi connectivity index (χ0n) is 14.3. The highest BCUT2D eigenvalue weighted by Gasteiger charge is 2.18. The van der Waals surface area contributed by atoms with Crippen molar-refractivity contribution in [2.45, 2.75) is 51.6 Å². The summed E-state index contributed by atoms with van der Waals surface area (Å²) in [7, 11) is 2.22. The van der Waals surface area contributed by atoms with Gasteiger partial charge in [0.15, 0.2) is 0 Å². The van der Waals surface area contributed by atoms with E-state index in [2.05, 4.69) is 29.1 Å². The molecule has 0 amide bonds.